The Morgan fingerprint density at radius 2 is 1.96 bits per heavy atom. The fourth-order valence-electron chi connectivity index (χ4n) is 3.79. The van der Waals surface area contributed by atoms with Crippen LogP contribution >= 0.6 is 10.0 Å². The van der Waals surface area contributed by atoms with Gasteiger partial charge >= 0.3 is 11.3 Å². The van der Waals surface area contributed by atoms with Crippen molar-refractivity contribution in [2.45, 2.75) is 43.0 Å². The maximum atomic E-state index is 12.7. The Kier molecular flexibility index (Phi) is 4.28. The van der Waals surface area contributed by atoms with Crippen LogP contribution in [-0.2, 0) is 20.9 Å². The number of carboxylic acid groups (broad SMARTS) is 1. The van der Waals surface area contributed by atoms with Crippen LogP contribution in [0.4, 0.5) is 4.79 Å². The Labute approximate surface area is 146 Å². The Bertz CT molecular complexity index is 721. The van der Waals surface area contributed by atoms with Crippen LogP contribution < -0.4 is 0 Å². The minimum Gasteiger partial charge on any atom is -0.474 e. The molecular weight excluding hydrogens is 346 g/mol. The molecule has 2 N–H and O–H groups in total. The lowest BCUT2D eigenvalue weighted by Gasteiger charge is -2.46. The number of β-lactam (4-membered cyclic amide) rings is 1. The maximum absolute atomic E-state index is 12.7. The molecular formula is C17H21NO6S. The van der Waals surface area contributed by atoms with Gasteiger partial charge in [-0.15, -0.1) is 0 Å². The second-order valence-corrected chi connectivity index (χ2v) is 10.5. The van der Waals surface area contributed by atoms with E-state index in [2.05, 4.69) is 0 Å². The number of hydrogen-bond donors (Lipinski definition) is 2. The smallest absolute Gasteiger partial charge is 0.351 e. The van der Waals surface area contributed by atoms with E-state index in [-0.39, 0.29) is 18.9 Å². The highest BCUT2D eigenvalue weighted by atomic mass is 32.3. The van der Waals surface area contributed by atoms with Gasteiger partial charge in [0.2, 0.25) is 5.91 Å². The quantitative estimate of drug-likeness (QED) is 0.622. The molecule has 3 rings (SSSR count). The van der Waals surface area contributed by atoms with Crippen molar-refractivity contribution in [1.82, 2.24) is 4.90 Å². The van der Waals surface area contributed by atoms with Crippen molar-refractivity contribution in [2.75, 3.05) is 5.94 Å². The van der Waals surface area contributed by atoms with Gasteiger partial charge in [-0.25, -0.2) is 9.59 Å². The molecule has 0 unspecified atom stereocenters. The Morgan fingerprint density at radius 3 is 2.48 bits per heavy atom. The summed E-state index contributed by atoms with van der Waals surface area (Å²) >= 11 is 0. The molecule has 2 saturated heterocycles. The summed E-state index contributed by atoms with van der Waals surface area (Å²) in [6.07, 6.45) is 0.0497. The second kappa shape index (κ2) is 6.03. The van der Waals surface area contributed by atoms with Gasteiger partial charge in [0.1, 0.15) is 12.6 Å². The number of esters is 1. The topological polar surface area (TPSA) is 104 Å². The number of aliphatic hydroxyl groups excluding tert-OH is 1. The van der Waals surface area contributed by atoms with Gasteiger partial charge in [0.15, 0.2) is 0 Å². The van der Waals surface area contributed by atoms with Crippen LogP contribution in [-0.4, -0.2) is 54.4 Å². The van der Waals surface area contributed by atoms with Gasteiger partial charge in [-0.1, -0.05) is 40.4 Å². The summed E-state index contributed by atoms with van der Waals surface area (Å²) in [6, 6.07) is 8.11. The van der Waals surface area contributed by atoms with E-state index in [9.17, 15) is 24.6 Å². The van der Waals surface area contributed by atoms with E-state index in [0.29, 0.717) is 0 Å². The number of carbonyl (C=O) groups excluding carboxylic acids is 2. The van der Waals surface area contributed by atoms with Crippen molar-refractivity contribution >= 4 is 27.2 Å². The lowest BCUT2D eigenvalue weighted by atomic mass is 9.98. The van der Waals surface area contributed by atoms with E-state index < -0.39 is 43.4 Å². The summed E-state index contributed by atoms with van der Waals surface area (Å²) in [5.41, 5.74) is 0.803. The van der Waals surface area contributed by atoms with E-state index in [0.717, 1.165) is 5.56 Å². The SMILES string of the molecule is CC1(C)[C@H](C(=O)OCc2ccccc2)N2C(=O)C[C@H]2[S@@]1(CO)C(=O)O. The molecule has 7 nitrogen and oxygen atoms in total. The third-order valence-corrected chi connectivity index (χ3v) is 9.70. The molecule has 1 aromatic rings. The van der Waals surface area contributed by atoms with Crippen LogP contribution in [0.5, 0.6) is 0 Å². The van der Waals surface area contributed by atoms with Crippen molar-refractivity contribution in [3.63, 3.8) is 0 Å². The van der Waals surface area contributed by atoms with Gasteiger partial charge in [-0.2, -0.15) is 0 Å². The highest BCUT2D eigenvalue weighted by Crippen LogP contribution is 2.73. The van der Waals surface area contributed by atoms with Crippen molar-refractivity contribution in [3.8, 4) is 0 Å². The predicted molar refractivity (Wildman–Crippen MR) is 92.1 cm³/mol. The first kappa shape index (κ1) is 17.8. The zero-order valence-corrected chi connectivity index (χ0v) is 14.9. The molecule has 0 bridgehead atoms. The number of hydrogen-bond acceptors (Lipinski definition) is 5. The molecule has 1 aromatic carbocycles. The minimum atomic E-state index is -2.67. The lowest BCUT2D eigenvalue weighted by molar-refractivity contribution is -0.162. The maximum Gasteiger partial charge on any atom is 0.351 e. The van der Waals surface area contributed by atoms with E-state index in [1.54, 1.807) is 13.8 Å². The standard InChI is InChI=1S/C17H21NO6S/c1-17(2)14(15(21)24-9-11-6-4-3-5-7-11)18-12(20)8-13(18)25(17,10-19)16(22)23/h3-7,13-14,19H,8-10H2,1-2H3,(H,22,23)/t13-,14+/m1/s1. The largest absolute Gasteiger partial charge is 0.474 e. The van der Waals surface area contributed by atoms with Gasteiger partial charge < -0.3 is 19.8 Å². The highest BCUT2D eigenvalue weighted by molar-refractivity contribution is 8.46. The molecule has 2 aliphatic heterocycles. The molecule has 1 amide bonds. The minimum absolute atomic E-state index is 0.0491. The van der Waals surface area contributed by atoms with Crippen LogP contribution in [0.2, 0.25) is 0 Å². The molecule has 25 heavy (non-hydrogen) atoms. The van der Waals surface area contributed by atoms with Gasteiger partial charge in [0.05, 0.1) is 17.7 Å². The predicted octanol–water partition coefficient (Wildman–Crippen LogP) is 1.88. The molecule has 2 aliphatic rings. The average Bonchev–Trinajstić information content (AvgIpc) is 2.74. The van der Waals surface area contributed by atoms with Crippen LogP contribution in [0.15, 0.2) is 30.3 Å². The third-order valence-electron chi connectivity index (χ3n) is 5.25. The summed E-state index contributed by atoms with van der Waals surface area (Å²) in [7, 11) is -2.67. The number of amides is 1. The normalized spacial score (nSPS) is 29.7. The summed E-state index contributed by atoms with van der Waals surface area (Å²) in [5.74, 6) is -1.47. The fourth-order valence-corrected chi connectivity index (χ4v) is 7.45. The van der Waals surface area contributed by atoms with Crippen LogP contribution in [0.3, 0.4) is 0 Å². The highest BCUT2D eigenvalue weighted by Gasteiger charge is 2.72. The first-order valence-corrected chi connectivity index (χ1v) is 9.79. The van der Waals surface area contributed by atoms with E-state index in [4.69, 9.17) is 4.74 Å². The molecule has 8 heteroatoms. The molecule has 136 valence electrons. The number of ether oxygens (including phenoxy) is 1. The zero-order chi connectivity index (χ0) is 18.4. The van der Waals surface area contributed by atoms with Gasteiger partial charge in [-0.05, 0) is 19.4 Å². The van der Waals surface area contributed by atoms with Crippen molar-refractivity contribution in [2.24, 2.45) is 0 Å². The third kappa shape index (κ3) is 2.35. The molecule has 0 saturated carbocycles. The van der Waals surface area contributed by atoms with E-state index in [1.165, 1.54) is 4.90 Å². The number of benzene rings is 1. The Balaban J connectivity index is 1.88. The number of nitrogens with zero attached hydrogens (tertiary/aromatic N) is 1. The van der Waals surface area contributed by atoms with Crippen molar-refractivity contribution in [1.29, 1.82) is 0 Å². The fraction of sp³-hybridized carbons (Fsp3) is 0.471. The average molecular weight is 367 g/mol. The summed E-state index contributed by atoms with van der Waals surface area (Å²) in [6.45, 7) is 3.31. The van der Waals surface area contributed by atoms with Crippen LogP contribution in [0.1, 0.15) is 25.8 Å². The number of carbonyl (C=O) groups is 3. The first-order valence-electron chi connectivity index (χ1n) is 7.92. The molecule has 0 spiro atoms. The Hall–Kier alpha value is -2.06. The monoisotopic (exact) mass is 367 g/mol. The van der Waals surface area contributed by atoms with Crippen LogP contribution in [0, 0.1) is 0 Å². The van der Waals surface area contributed by atoms with Crippen LogP contribution in [0.25, 0.3) is 0 Å². The van der Waals surface area contributed by atoms with Gasteiger partial charge in [0, 0.05) is 4.75 Å². The molecule has 2 heterocycles. The molecule has 0 aliphatic carbocycles. The second-order valence-electron chi connectivity index (χ2n) is 6.75. The summed E-state index contributed by atoms with van der Waals surface area (Å²) in [4.78, 5) is 38.1. The van der Waals surface area contributed by atoms with E-state index in [1.807, 2.05) is 30.3 Å². The first-order chi connectivity index (χ1) is 11.8. The number of fused-ring (bicyclic) bond motifs is 1. The molecule has 0 radical (unpaired) electrons. The van der Waals surface area contributed by atoms with Crippen molar-refractivity contribution in [3.05, 3.63) is 35.9 Å². The summed E-state index contributed by atoms with van der Waals surface area (Å²) in [5, 5.41) is 18.0. The molecule has 0 aromatic heterocycles. The number of aliphatic hydroxyl groups is 1. The van der Waals surface area contributed by atoms with Gasteiger partial charge in [-0.3, -0.25) is 4.79 Å². The Morgan fingerprint density at radius 1 is 1.32 bits per heavy atom. The van der Waals surface area contributed by atoms with Crippen molar-refractivity contribution < 1.29 is 29.3 Å². The van der Waals surface area contributed by atoms with E-state index >= 15 is 0 Å². The molecule has 2 fully saturated rings. The van der Waals surface area contributed by atoms with Gasteiger partial charge in [0.25, 0.3) is 0 Å². The molecule has 3 atom stereocenters. The number of rotatable bonds is 4. The lowest BCUT2D eigenvalue weighted by Crippen LogP contribution is -2.57. The zero-order valence-electron chi connectivity index (χ0n) is 14.0. The summed E-state index contributed by atoms with van der Waals surface area (Å²) < 4.78 is 4.29.